The third-order valence-electron chi connectivity index (χ3n) is 3.89. The predicted molar refractivity (Wildman–Crippen MR) is 114 cm³/mol. The molecular weight excluding hydrogens is 427 g/mol. The Morgan fingerprint density at radius 1 is 1.32 bits per heavy atom. The molecule has 0 aliphatic rings. The van der Waals surface area contributed by atoms with Crippen LogP contribution in [0.2, 0.25) is 0 Å². The minimum absolute atomic E-state index is 0. The molecule has 2 aromatic rings. The second kappa shape index (κ2) is 11.8. The lowest BCUT2D eigenvalue weighted by Gasteiger charge is -2.18. The Labute approximate surface area is 167 Å². The fraction of sp³-hybridized carbons (Fsp3) is 0.500. The topological polar surface area (TPSA) is 67.1 Å². The first-order valence-corrected chi connectivity index (χ1v) is 8.63. The van der Waals surface area contributed by atoms with Crippen LogP contribution >= 0.6 is 24.0 Å². The van der Waals surface area contributed by atoms with E-state index in [4.69, 9.17) is 0 Å². The second-order valence-electron chi connectivity index (χ2n) is 5.96. The Bertz CT molecular complexity index is 626. The number of rotatable bonds is 8. The molecule has 7 heteroatoms. The molecule has 138 valence electrons. The van der Waals surface area contributed by atoms with E-state index < -0.39 is 0 Å². The van der Waals surface area contributed by atoms with Crippen LogP contribution in [0.3, 0.4) is 0 Å². The lowest BCUT2D eigenvalue weighted by Crippen LogP contribution is -2.41. The average molecular weight is 456 g/mol. The smallest absolute Gasteiger partial charge is 0.191 e. The van der Waals surface area contributed by atoms with Crippen molar-refractivity contribution < 1.29 is 0 Å². The maximum absolute atomic E-state index is 4.37. The number of halogens is 1. The van der Waals surface area contributed by atoms with Gasteiger partial charge in [-0.05, 0) is 31.0 Å². The molecule has 0 spiro atoms. The zero-order chi connectivity index (χ0) is 17.2. The Hall–Kier alpha value is -1.64. The molecule has 6 nitrogen and oxygen atoms in total. The van der Waals surface area contributed by atoms with E-state index in [2.05, 4.69) is 39.4 Å². The summed E-state index contributed by atoms with van der Waals surface area (Å²) in [7, 11) is 1.80. The van der Waals surface area contributed by atoms with Crippen LogP contribution in [0.5, 0.6) is 0 Å². The van der Waals surface area contributed by atoms with Crippen molar-refractivity contribution in [3.8, 4) is 5.82 Å². The number of guanidine groups is 1. The van der Waals surface area contributed by atoms with Crippen molar-refractivity contribution in [1.82, 2.24) is 25.2 Å². The Morgan fingerprint density at radius 2 is 2.16 bits per heavy atom. The number of unbranched alkanes of at least 4 members (excludes halogenated alkanes) is 2. The summed E-state index contributed by atoms with van der Waals surface area (Å²) in [5, 5.41) is 6.81. The fourth-order valence-corrected chi connectivity index (χ4v) is 2.49. The van der Waals surface area contributed by atoms with Crippen molar-refractivity contribution in [1.29, 1.82) is 0 Å². The summed E-state index contributed by atoms with van der Waals surface area (Å²) in [5.74, 6) is 1.70. The van der Waals surface area contributed by atoms with E-state index in [1.54, 1.807) is 19.6 Å². The van der Waals surface area contributed by atoms with Gasteiger partial charge >= 0.3 is 0 Å². The molecule has 0 aliphatic heterocycles. The van der Waals surface area contributed by atoms with Gasteiger partial charge in [0.1, 0.15) is 12.1 Å². The molecule has 0 fully saturated rings. The molecule has 0 bridgehead atoms. The maximum Gasteiger partial charge on any atom is 0.191 e. The minimum atomic E-state index is 0. The molecule has 2 aromatic heterocycles. The highest BCUT2D eigenvalue weighted by Gasteiger charge is 2.05. The van der Waals surface area contributed by atoms with Crippen LogP contribution < -0.4 is 10.6 Å². The van der Waals surface area contributed by atoms with Crippen LogP contribution in [0.4, 0.5) is 0 Å². The number of nitrogens with zero attached hydrogens (tertiary/aromatic N) is 4. The standard InChI is InChI=1S/C18H28N6.HI/c1-4-5-6-7-15(2)23-18(19-3)22-13-16-8-9-21-17(12-16)24-11-10-20-14-24;/h8-12,14-15H,4-7,13H2,1-3H3,(H2,19,22,23);1H. The second-order valence-corrected chi connectivity index (χ2v) is 5.96. The average Bonchev–Trinajstić information content (AvgIpc) is 3.14. The Morgan fingerprint density at radius 3 is 2.84 bits per heavy atom. The number of hydrogen-bond donors (Lipinski definition) is 2. The monoisotopic (exact) mass is 456 g/mol. The van der Waals surface area contributed by atoms with Gasteiger partial charge < -0.3 is 10.6 Å². The van der Waals surface area contributed by atoms with Gasteiger partial charge in [0.25, 0.3) is 0 Å². The number of aromatic nitrogens is 3. The largest absolute Gasteiger partial charge is 0.354 e. The third-order valence-corrected chi connectivity index (χ3v) is 3.89. The third kappa shape index (κ3) is 7.41. The highest BCUT2D eigenvalue weighted by Crippen LogP contribution is 2.07. The first-order chi connectivity index (χ1) is 11.7. The van der Waals surface area contributed by atoms with Gasteiger partial charge in [0, 0.05) is 38.2 Å². The van der Waals surface area contributed by atoms with E-state index in [9.17, 15) is 0 Å². The van der Waals surface area contributed by atoms with E-state index in [1.807, 2.05) is 29.1 Å². The van der Waals surface area contributed by atoms with Crippen LogP contribution in [0, 0.1) is 0 Å². The number of aliphatic imine (C=N–C) groups is 1. The molecule has 2 heterocycles. The molecule has 0 aliphatic carbocycles. The SMILES string of the molecule is CCCCCC(C)NC(=NC)NCc1ccnc(-n2ccnc2)c1.I. The molecule has 1 unspecified atom stereocenters. The van der Waals surface area contributed by atoms with Crippen molar-refractivity contribution in [2.45, 2.75) is 52.1 Å². The summed E-state index contributed by atoms with van der Waals surface area (Å²) < 4.78 is 1.90. The molecular formula is C18H29IN6. The lowest BCUT2D eigenvalue weighted by atomic mass is 10.1. The van der Waals surface area contributed by atoms with Gasteiger partial charge in [0.2, 0.25) is 0 Å². The Balaban J connectivity index is 0.00000312. The summed E-state index contributed by atoms with van der Waals surface area (Å²) in [5.41, 5.74) is 1.15. The van der Waals surface area contributed by atoms with Crippen LogP contribution in [0.25, 0.3) is 5.82 Å². The summed E-state index contributed by atoms with van der Waals surface area (Å²) >= 11 is 0. The summed E-state index contributed by atoms with van der Waals surface area (Å²) in [4.78, 5) is 12.7. The number of hydrogen-bond acceptors (Lipinski definition) is 3. The molecule has 0 saturated heterocycles. The van der Waals surface area contributed by atoms with Crippen molar-refractivity contribution in [3.05, 3.63) is 42.6 Å². The summed E-state index contributed by atoms with van der Waals surface area (Å²) in [6.07, 6.45) is 12.1. The Kier molecular flexibility index (Phi) is 10.1. The molecule has 2 N–H and O–H groups in total. The van der Waals surface area contributed by atoms with Gasteiger partial charge in [-0.25, -0.2) is 9.97 Å². The molecule has 0 radical (unpaired) electrons. The normalized spacial score (nSPS) is 12.4. The van der Waals surface area contributed by atoms with Gasteiger partial charge in [-0.2, -0.15) is 0 Å². The van der Waals surface area contributed by atoms with Gasteiger partial charge in [0.05, 0.1) is 0 Å². The summed E-state index contributed by atoms with van der Waals surface area (Å²) in [6, 6.07) is 4.47. The van der Waals surface area contributed by atoms with Crippen LogP contribution in [0.15, 0.2) is 42.0 Å². The highest BCUT2D eigenvalue weighted by atomic mass is 127. The summed E-state index contributed by atoms with van der Waals surface area (Å²) in [6.45, 7) is 5.13. The van der Waals surface area contributed by atoms with Gasteiger partial charge in [0.15, 0.2) is 5.96 Å². The molecule has 25 heavy (non-hydrogen) atoms. The van der Waals surface area contributed by atoms with E-state index in [-0.39, 0.29) is 24.0 Å². The van der Waals surface area contributed by atoms with Crippen LogP contribution in [-0.4, -0.2) is 33.6 Å². The minimum Gasteiger partial charge on any atom is -0.354 e. The van der Waals surface area contributed by atoms with E-state index in [0.717, 1.165) is 23.8 Å². The quantitative estimate of drug-likeness (QED) is 0.276. The number of nitrogens with one attached hydrogen (secondary N) is 2. The first kappa shape index (κ1) is 21.4. The zero-order valence-corrected chi connectivity index (χ0v) is 17.6. The molecule has 0 amide bonds. The van der Waals surface area contributed by atoms with E-state index in [0.29, 0.717) is 12.6 Å². The zero-order valence-electron chi connectivity index (χ0n) is 15.3. The van der Waals surface area contributed by atoms with Gasteiger partial charge in [-0.3, -0.25) is 9.56 Å². The molecule has 1 atom stereocenters. The predicted octanol–water partition coefficient (Wildman–Crippen LogP) is 3.52. The fourth-order valence-electron chi connectivity index (χ4n) is 2.49. The van der Waals surface area contributed by atoms with Crippen molar-refractivity contribution in [2.75, 3.05) is 7.05 Å². The van der Waals surface area contributed by atoms with Gasteiger partial charge in [-0.1, -0.05) is 26.2 Å². The van der Waals surface area contributed by atoms with Crippen molar-refractivity contribution in [2.24, 2.45) is 4.99 Å². The van der Waals surface area contributed by atoms with Crippen LogP contribution in [-0.2, 0) is 6.54 Å². The van der Waals surface area contributed by atoms with E-state index >= 15 is 0 Å². The lowest BCUT2D eigenvalue weighted by molar-refractivity contribution is 0.546. The first-order valence-electron chi connectivity index (χ1n) is 8.63. The van der Waals surface area contributed by atoms with Crippen molar-refractivity contribution >= 4 is 29.9 Å². The van der Waals surface area contributed by atoms with Crippen molar-refractivity contribution in [3.63, 3.8) is 0 Å². The van der Waals surface area contributed by atoms with Crippen LogP contribution in [0.1, 0.15) is 45.1 Å². The van der Waals surface area contributed by atoms with Gasteiger partial charge in [-0.15, -0.1) is 24.0 Å². The number of imidazole rings is 1. The molecule has 2 rings (SSSR count). The van der Waals surface area contributed by atoms with E-state index in [1.165, 1.54) is 19.3 Å². The molecule has 0 aromatic carbocycles. The maximum atomic E-state index is 4.37. The molecule has 0 saturated carbocycles. The highest BCUT2D eigenvalue weighted by molar-refractivity contribution is 14.0. The number of pyridine rings is 1.